The van der Waals surface area contributed by atoms with Crippen LogP contribution in [0.5, 0.6) is 23.1 Å². The van der Waals surface area contributed by atoms with E-state index in [2.05, 4.69) is 20.6 Å². The quantitative estimate of drug-likeness (QED) is 0.202. The molecule has 1 heterocycles. The van der Waals surface area contributed by atoms with Gasteiger partial charge in [-0.3, -0.25) is 0 Å². The molecule has 0 spiro atoms. The van der Waals surface area contributed by atoms with Crippen molar-refractivity contribution in [2.45, 2.75) is 13.5 Å². The van der Waals surface area contributed by atoms with E-state index in [0.29, 0.717) is 40.4 Å². The van der Waals surface area contributed by atoms with Gasteiger partial charge in [-0.25, -0.2) is 19.2 Å². The topological polar surface area (TPSA) is 94.6 Å². The van der Waals surface area contributed by atoms with Gasteiger partial charge in [-0.15, -0.1) is 0 Å². The van der Waals surface area contributed by atoms with E-state index in [0.717, 1.165) is 11.1 Å². The average molecular weight is 559 g/mol. The summed E-state index contributed by atoms with van der Waals surface area (Å²) in [6, 6.07) is 21.8. The maximum Gasteiger partial charge on any atom is 0.323 e. The molecule has 0 aliphatic rings. The highest BCUT2D eigenvalue weighted by atomic mass is 35.5. The number of urea groups is 1. The number of methoxy groups -OCH3 is 1. The van der Waals surface area contributed by atoms with Crippen LogP contribution in [0.4, 0.5) is 20.6 Å². The van der Waals surface area contributed by atoms with Gasteiger partial charge in [0, 0.05) is 12.1 Å². The number of amides is 2. The molecular weight excluding hydrogens is 535 g/mol. The lowest BCUT2D eigenvalue weighted by atomic mass is 10.2. The molecule has 202 valence electrons. The zero-order valence-corrected chi connectivity index (χ0v) is 22.3. The van der Waals surface area contributed by atoms with Gasteiger partial charge in [0.05, 0.1) is 34.4 Å². The second-order valence-corrected chi connectivity index (χ2v) is 9.19. The summed E-state index contributed by atoms with van der Waals surface area (Å²) in [7, 11) is 1.55. The minimum absolute atomic E-state index is 0.0632. The number of anilines is 2. The summed E-state index contributed by atoms with van der Waals surface area (Å²) in [4.78, 5) is 21.0. The van der Waals surface area contributed by atoms with E-state index in [1.54, 1.807) is 44.4 Å². The third-order valence-corrected chi connectivity index (χ3v) is 6.21. The lowest BCUT2D eigenvalue weighted by molar-refractivity contribution is 0.262. The molecule has 10 heteroatoms. The Hall–Kier alpha value is -4.89. The van der Waals surface area contributed by atoms with Crippen LogP contribution >= 0.6 is 11.6 Å². The van der Waals surface area contributed by atoms with Crippen molar-refractivity contribution in [3.05, 3.63) is 107 Å². The maximum absolute atomic E-state index is 14.0. The van der Waals surface area contributed by atoms with Crippen molar-refractivity contribution in [3.63, 3.8) is 0 Å². The molecule has 1 aromatic heterocycles. The molecule has 0 aliphatic heterocycles. The third-order valence-electron chi connectivity index (χ3n) is 5.89. The lowest BCUT2D eigenvalue weighted by Gasteiger charge is -2.14. The van der Waals surface area contributed by atoms with Crippen molar-refractivity contribution in [1.82, 2.24) is 9.97 Å². The van der Waals surface area contributed by atoms with Crippen molar-refractivity contribution in [1.29, 1.82) is 0 Å². The fourth-order valence-electron chi connectivity index (χ4n) is 3.91. The molecule has 0 saturated carbocycles. The molecule has 0 atom stereocenters. The Morgan fingerprint density at radius 2 is 1.73 bits per heavy atom. The van der Waals surface area contributed by atoms with Crippen molar-refractivity contribution in [3.8, 4) is 23.1 Å². The van der Waals surface area contributed by atoms with E-state index in [1.165, 1.54) is 24.5 Å². The Balaban J connectivity index is 1.32. The number of halogens is 2. The second-order valence-electron chi connectivity index (χ2n) is 8.78. The van der Waals surface area contributed by atoms with Crippen molar-refractivity contribution >= 4 is 39.9 Å². The minimum Gasteiger partial charge on any atom is -0.493 e. The highest BCUT2D eigenvalue weighted by Crippen LogP contribution is 2.37. The van der Waals surface area contributed by atoms with Gasteiger partial charge in [0.2, 0.25) is 5.88 Å². The predicted octanol–water partition coefficient (Wildman–Crippen LogP) is 7.75. The number of aryl methyl sites for hydroxylation is 1. The number of carbonyl (C=O) groups excluding carboxylic acids is 1. The third kappa shape index (κ3) is 6.22. The first-order valence-corrected chi connectivity index (χ1v) is 12.6. The first-order chi connectivity index (χ1) is 19.4. The molecule has 5 aromatic rings. The van der Waals surface area contributed by atoms with Crippen LogP contribution in [0.1, 0.15) is 11.1 Å². The molecule has 40 heavy (non-hydrogen) atoms. The van der Waals surface area contributed by atoms with Crippen LogP contribution in [0.3, 0.4) is 0 Å². The van der Waals surface area contributed by atoms with Crippen LogP contribution in [0.25, 0.3) is 10.9 Å². The number of aromatic nitrogens is 2. The second kappa shape index (κ2) is 11.9. The first-order valence-electron chi connectivity index (χ1n) is 12.2. The Labute approximate surface area is 234 Å². The molecule has 0 saturated heterocycles. The van der Waals surface area contributed by atoms with Crippen LogP contribution in [-0.4, -0.2) is 23.1 Å². The Kier molecular flexibility index (Phi) is 7.93. The molecule has 0 radical (unpaired) electrons. The fourth-order valence-corrected chi connectivity index (χ4v) is 4.13. The molecule has 5 rings (SSSR count). The van der Waals surface area contributed by atoms with E-state index in [4.69, 9.17) is 25.8 Å². The summed E-state index contributed by atoms with van der Waals surface area (Å²) in [6.07, 6.45) is 1.39. The predicted molar refractivity (Wildman–Crippen MR) is 152 cm³/mol. The molecule has 4 aromatic carbocycles. The molecule has 2 N–H and O–H groups in total. The van der Waals surface area contributed by atoms with Crippen LogP contribution in [0.2, 0.25) is 5.02 Å². The average Bonchev–Trinajstić information content (AvgIpc) is 2.95. The van der Waals surface area contributed by atoms with Crippen LogP contribution in [0.15, 0.2) is 85.2 Å². The molecule has 8 nitrogen and oxygen atoms in total. The van der Waals surface area contributed by atoms with E-state index in [-0.39, 0.29) is 16.6 Å². The van der Waals surface area contributed by atoms with Crippen LogP contribution < -0.4 is 24.8 Å². The van der Waals surface area contributed by atoms with E-state index >= 15 is 0 Å². The summed E-state index contributed by atoms with van der Waals surface area (Å²) >= 11 is 6.41. The molecule has 2 amide bonds. The highest BCUT2D eigenvalue weighted by molar-refractivity contribution is 6.34. The first kappa shape index (κ1) is 26.7. The summed E-state index contributed by atoms with van der Waals surface area (Å²) < 4.78 is 31.5. The van der Waals surface area contributed by atoms with E-state index in [9.17, 15) is 9.18 Å². The number of nitrogens with zero attached hydrogens (tertiary/aromatic N) is 2. The summed E-state index contributed by atoms with van der Waals surface area (Å²) in [6.45, 7) is 2.17. The SMILES string of the molecule is COc1cc2c(Oc3ccc(NC(=O)Nc4cc(C)ccc4F)c(Cl)c3)ncnc2cc1OCc1ccccc1. The number of benzene rings is 4. The number of hydrogen-bond donors (Lipinski definition) is 2. The highest BCUT2D eigenvalue weighted by Gasteiger charge is 2.15. The molecule has 0 bridgehead atoms. The zero-order valence-electron chi connectivity index (χ0n) is 21.6. The summed E-state index contributed by atoms with van der Waals surface area (Å²) in [5.41, 5.74) is 2.80. The summed E-state index contributed by atoms with van der Waals surface area (Å²) in [5, 5.41) is 5.91. The van der Waals surface area contributed by atoms with Gasteiger partial charge in [-0.2, -0.15) is 0 Å². The number of ether oxygens (including phenoxy) is 3. The van der Waals surface area contributed by atoms with Crippen molar-refractivity contribution < 1.29 is 23.4 Å². The minimum atomic E-state index is -0.640. The van der Waals surface area contributed by atoms with Gasteiger partial charge < -0.3 is 24.8 Å². The van der Waals surface area contributed by atoms with Crippen molar-refractivity contribution in [2.24, 2.45) is 0 Å². The number of rotatable bonds is 8. The van der Waals surface area contributed by atoms with Gasteiger partial charge in [0.25, 0.3) is 0 Å². The lowest BCUT2D eigenvalue weighted by Crippen LogP contribution is -2.20. The Bertz CT molecular complexity index is 1680. The van der Waals surface area contributed by atoms with Crippen LogP contribution in [0, 0.1) is 12.7 Å². The molecule has 0 unspecified atom stereocenters. The normalized spacial score (nSPS) is 10.7. The van der Waals surface area contributed by atoms with Crippen molar-refractivity contribution in [2.75, 3.05) is 17.7 Å². The van der Waals surface area contributed by atoms with Gasteiger partial charge in [0.1, 0.15) is 24.5 Å². The molecule has 0 fully saturated rings. The fraction of sp³-hybridized carbons (Fsp3) is 0.100. The van der Waals surface area contributed by atoms with E-state index < -0.39 is 11.8 Å². The number of nitrogens with one attached hydrogen (secondary N) is 2. The molecule has 0 aliphatic carbocycles. The number of fused-ring (bicyclic) bond motifs is 1. The number of hydrogen-bond acceptors (Lipinski definition) is 6. The standard InChI is InChI=1S/C30H24ClFN4O4/c1-18-8-10-23(32)26(12-18)36-30(37)35-24-11-9-20(13-22(24)31)40-29-21-14-27(38-2)28(15-25(21)33-17-34-29)39-16-19-6-4-3-5-7-19/h3-15,17H,16H2,1-2H3,(H2,35,36,37). The Morgan fingerprint density at radius 1 is 0.925 bits per heavy atom. The maximum atomic E-state index is 14.0. The smallest absolute Gasteiger partial charge is 0.323 e. The van der Waals surface area contributed by atoms with E-state index in [1.807, 2.05) is 30.3 Å². The van der Waals surface area contributed by atoms with Gasteiger partial charge in [0.15, 0.2) is 11.5 Å². The van der Waals surface area contributed by atoms with Gasteiger partial charge in [-0.1, -0.05) is 48.0 Å². The summed E-state index contributed by atoms with van der Waals surface area (Å²) in [5.74, 6) is 1.15. The van der Waals surface area contributed by atoms with Gasteiger partial charge in [-0.05, 0) is 48.4 Å². The largest absolute Gasteiger partial charge is 0.493 e. The molecular formula is C30H24ClFN4O4. The number of carbonyl (C=O) groups is 1. The van der Waals surface area contributed by atoms with Gasteiger partial charge >= 0.3 is 6.03 Å². The zero-order chi connectivity index (χ0) is 28.1. The monoisotopic (exact) mass is 558 g/mol. The Morgan fingerprint density at radius 3 is 2.50 bits per heavy atom. The van der Waals surface area contributed by atoms with Crippen LogP contribution in [-0.2, 0) is 6.61 Å².